The second-order valence-electron chi connectivity index (χ2n) is 11.2. The van der Waals surface area contributed by atoms with Gasteiger partial charge in [-0.25, -0.2) is 19.3 Å². The Morgan fingerprint density at radius 3 is 2.62 bits per heavy atom. The molecule has 4 aromatic rings. The van der Waals surface area contributed by atoms with E-state index in [0.29, 0.717) is 59.4 Å². The summed E-state index contributed by atoms with van der Waals surface area (Å²) in [6.07, 6.45) is 7.25. The Bertz CT molecular complexity index is 1700. The summed E-state index contributed by atoms with van der Waals surface area (Å²) in [5, 5.41) is 17.4. The maximum atomic E-state index is 15.4. The molecule has 12 heteroatoms. The van der Waals surface area contributed by atoms with E-state index in [1.165, 1.54) is 18.5 Å². The van der Waals surface area contributed by atoms with Crippen molar-refractivity contribution in [2.45, 2.75) is 37.8 Å². The van der Waals surface area contributed by atoms with Gasteiger partial charge in [0.1, 0.15) is 41.0 Å². The third-order valence-electron chi connectivity index (χ3n) is 8.16. The zero-order valence-electron chi connectivity index (χ0n) is 25.1. The first-order valence-corrected chi connectivity index (χ1v) is 15.0. The van der Waals surface area contributed by atoms with Crippen LogP contribution in [-0.4, -0.2) is 76.3 Å². The molecule has 11 nitrogen and oxygen atoms in total. The molecule has 2 aromatic heterocycles. The smallest absolute Gasteiger partial charge is 0.245 e. The van der Waals surface area contributed by atoms with Crippen LogP contribution >= 0.6 is 0 Å². The van der Waals surface area contributed by atoms with Crippen LogP contribution < -0.4 is 25.0 Å². The molecule has 0 aliphatic carbocycles. The van der Waals surface area contributed by atoms with E-state index in [1.54, 1.807) is 42.5 Å². The van der Waals surface area contributed by atoms with Gasteiger partial charge in [-0.05, 0) is 56.0 Å². The number of carbonyl (C=O) groups is 1. The minimum Gasteiger partial charge on any atom is -0.495 e. The molecule has 0 spiro atoms. The van der Waals surface area contributed by atoms with Crippen molar-refractivity contribution in [2.75, 3.05) is 48.8 Å². The molecule has 234 valence electrons. The number of rotatable bonds is 9. The van der Waals surface area contributed by atoms with Crippen LogP contribution in [0.4, 0.5) is 27.4 Å². The Labute approximate surface area is 260 Å². The predicted octanol–water partition coefficient (Wildman–Crippen LogP) is 5.26. The van der Waals surface area contributed by atoms with E-state index in [9.17, 15) is 9.90 Å². The maximum Gasteiger partial charge on any atom is 0.245 e. The summed E-state index contributed by atoms with van der Waals surface area (Å²) in [5.41, 5.74) is 1.62. The number of nitrogens with zero attached hydrogens (tertiary/aromatic N) is 5. The van der Waals surface area contributed by atoms with Gasteiger partial charge in [0.05, 0.1) is 30.1 Å². The summed E-state index contributed by atoms with van der Waals surface area (Å²) in [6, 6.07) is 12.0. The first-order valence-electron chi connectivity index (χ1n) is 15.0. The fourth-order valence-corrected chi connectivity index (χ4v) is 5.78. The third-order valence-corrected chi connectivity index (χ3v) is 8.16. The fourth-order valence-electron chi connectivity index (χ4n) is 5.78. The lowest BCUT2D eigenvalue weighted by Gasteiger charge is -2.32. The molecule has 6 rings (SSSR count). The third kappa shape index (κ3) is 6.91. The molecule has 2 aliphatic heterocycles. The zero-order chi connectivity index (χ0) is 31.3. The van der Waals surface area contributed by atoms with E-state index in [4.69, 9.17) is 9.47 Å². The van der Waals surface area contributed by atoms with Crippen LogP contribution in [0.3, 0.4) is 0 Å². The number of halogens is 1. The minimum atomic E-state index is -0.514. The molecule has 2 fully saturated rings. The quantitative estimate of drug-likeness (QED) is 0.215. The van der Waals surface area contributed by atoms with Crippen LogP contribution in [0.5, 0.6) is 17.2 Å². The molecule has 0 saturated carbocycles. The number of pyridine rings is 1. The van der Waals surface area contributed by atoms with Crippen molar-refractivity contribution >= 4 is 39.8 Å². The molecule has 2 saturated heterocycles. The normalized spacial score (nSPS) is 17.2. The molecule has 1 amide bonds. The molecule has 45 heavy (non-hydrogen) atoms. The topological polar surface area (TPSA) is 125 Å². The number of methoxy groups -OCH3 is 1. The summed E-state index contributed by atoms with van der Waals surface area (Å²) in [6.45, 7) is 6.18. The highest BCUT2D eigenvalue weighted by atomic mass is 19.1. The lowest BCUT2D eigenvalue weighted by atomic mass is 10.0. The molecule has 1 atom stereocenters. The molecule has 0 unspecified atom stereocenters. The van der Waals surface area contributed by atoms with Crippen LogP contribution in [0.1, 0.15) is 25.7 Å². The van der Waals surface area contributed by atoms with Gasteiger partial charge >= 0.3 is 0 Å². The number of likely N-dealkylation sites (tertiary alicyclic amines) is 1. The summed E-state index contributed by atoms with van der Waals surface area (Å²) < 4.78 is 27.0. The maximum absolute atomic E-state index is 15.4. The number of nitrogens with one attached hydrogen (secondary N) is 2. The SMILES string of the molecule is C=CC(=O)N1CCC(Nc2cc3c(Nc4ccc(Oc5ccnc(N6CCC[C@@H](O)C6)c5)cc4F)ncnc3cc2OC)CC1. The lowest BCUT2D eigenvalue weighted by Crippen LogP contribution is -2.41. The second kappa shape index (κ2) is 13.3. The second-order valence-corrected chi connectivity index (χ2v) is 11.2. The minimum absolute atomic E-state index is 0.0580. The fraction of sp³-hybridized carbons (Fsp3) is 0.333. The van der Waals surface area contributed by atoms with Gasteiger partial charge in [0.25, 0.3) is 0 Å². The Morgan fingerprint density at radius 1 is 1.04 bits per heavy atom. The first kappa shape index (κ1) is 30.1. The van der Waals surface area contributed by atoms with E-state index >= 15 is 4.39 Å². The van der Waals surface area contributed by atoms with E-state index < -0.39 is 5.82 Å². The number of β-amino-alcohol motifs (C(OH)–C–C–N with tert-alkyl or cyclic N) is 1. The van der Waals surface area contributed by atoms with E-state index in [0.717, 1.165) is 37.9 Å². The number of piperidine rings is 2. The average Bonchev–Trinajstić information content (AvgIpc) is 3.06. The number of fused-ring (bicyclic) bond motifs is 1. The number of carbonyl (C=O) groups excluding carboxylic acids is 1. The van der Waals surface area contributed by atoms with Crippen molar-refractivity contribution in [3.63, 3.8) is 0 Å². The molecule has 2 aromatic carbocycles. The van der Waals surface area contributed by atoms with Crippen LogP contribution in [0, 0.1) is 5.82 Å². The Morgan fingerprint density at radius 2 is 1.87 bits per heavy atom. The Balaban J connectivity index is 1.18. The number of hydrogen-bond donors (Lipinski definition) is 3. The van der Waals surface area contributed by atoms with Gasteiger partial charge in [0.2, 0.25) is 5.91 Å². The van der Waals surface area contributed by atoms with Crippen molar-refractivity contribution in [3.05, 3.63) is 73.5 Å². The van der Waals surface area contributed by atoms with Gasteiger partial charge in [-0.15, -0.1) is 0 Å². The van der Waals surface area contributed by atoms with E-state index in [1.807, 2.05) is 17.0 Å². The number of anilines is 4. The molecule has 0 bridgehead atoms. The van der Waals surface area contributed by atoms with Crippen molar-refractivity contribution in [3.8, 4) is 17.2 Å². The summed E-state index contributed by atoms with van der Waals surface area (Å²) in [5.74, 6) is 2.05. The number of benzene rings is 2. The van der Waals surface area contributed by atoms with Crippen LogP contribution in [0.2, 0.25) is 0 Å². The number of aliphatic hydroxyl groups excluding tert-OH is 1. The van der Waals surface area contributed by atoms with Gasteiger partial charge in [-0.2, -0.15) is 0 Å². The summed E-state index contributed by atoms with van der Waals surface area (Å²) in [7, 11) is 1.60. The van der Waals surface area contributed by atoms with Crippen LogP contribution in [0.15, 0.2) is 67.6 Å². The van der Waals surface area contributed by atoms with Crippen molar-refractivity contribution in [1.82, 2.24) is 19.9 Å². The highest BCUT2D eigenvalue weighted by Gasteiger charge is 2.23. The van der Waals surface area contributed by atoms with E-state index in [2.05, 4.69) is 32.2 Å². The molecule has 2 aliphatic rings. The van der Waals surface area contributed by atoms with Gasteiger partial charge < -0.3 is 35.0 Å². The van der Waals surface area contributed by atoms with Crippen molar-refractivity contribution in [2.24, 2.45) is 0 Å². The average molecular weight is 614 g/mol. The molecular formula is C33H36FN7O4. The monoisotopic (exact) mass is 613 g/mol. The number of hydrogen-bond acceptors (Lipinski definition) is 10. The Kier molecular flexibility index (Phi) is 8.92. The molecule has 0 radical (unpaired) electrons. The predicted molar refractivity (Wildman–Crippen MR) is 171 cm³/mol. The van der Waals surface area contributed by atoms with Crippen molar-refractivity contribution < 1.29 is 23.8 Å². The largest absolute Gasteiger partial charge is 0.495 e. The van der Waals surface area contributed by atoms with Crippen LogP contribution in [-0.2, 0) is 4.79 Å². The lowest BCUT2D eigenvalue weighted by molar-refractivity contribution is -0.126. The number of amides is 1. The van der Waals surface area contributed by atoms with E-state index in [-0.39, 0.29) is 23.7 Å². The zero-order valence-corrected chi connectivity index (χ0v) is 25.1. The standard InChI is InChI=1S/C33H36FN7O4/c1-3-32(43)40-13-9-21(10-14-40)38-29-17-25-28(18-30(29)44-2)36-20-37-33(25)39-27-7-6-23(15-26(27)34)45-24-8-11-35-31(16-24)41-12-4-5-22(42)19-41/h3,6-8,11,15-18,20-22,38,42H,1,4-5,9-10,12-14,19H2,2H3,(H,36,37,39)/t22-/m1/s1. The van der Waals surface area contributed by atoms with Gasteiger partial charge in [-0.1, -0.05) is 6.58 Å². The summed E-state index contributed by atoms with van der Waals surface area (Å²) in [4.78, 5) is 29.0. The van der Waals surface area contributed by atoms with Gasteiger partial charge in [0.15, 0.2) is 0 Å². The summed E-state index contributed by atoms with van der Waals surface area (Å²) >= 11 is 0. The number of aromatic nitrogens is 3. The molecule has 4 heterocycles. The van der Waals surface area contributed by atoms with Crippen LogP contribution in [0.25, 0.3) is 10.9 Å². The van der Waals surface area contributed by atoms with Gasteiger partial charge in [-0.3, -0.25) is 4.79 Å². The van der Waals surface area contributed by atoms with Crippen molar-refractivity contribution in [1.29, 1.82) is 0 Å². The Hall–Kier alpha value is -4.97. The number of ether oxygens (including phenoxy) is 2. The highest BCUT2D eigenvalue weighted by Crippen LogP contribution is 2.35. The first-order chi connectivity index (χ1) is 21.9. The highest BCUT2D eigenvalue weighted by molar-refractivity contribution is 5.95. The molecular weight excluding hydrogens is 577 g/mol. The molecule has 3 N–H and O–H groups in total. The number of aliphatic hydroxyl groups is 1. The van der Waals surface area contributed by atoms with Gasteiger partial charge in [0, 0.05) is 62.0 Å².